The number of rotatable bonds is 5. The summed E-state index contributed by atoms with van der Waals surface area (Å²) < 4.78 is 2.10. The van der Waals surface area contributed by atoms with Crippen LogP contribution in [0.1, 0.15) is 31.3 Å². The quantitative estimate of drug-likeness (QED) is 0.555. The van der Waals surface area contributed by atoms with Gasteiger partial charge in [-0.25, -0.2) is 9.98 Å². The van der Waals surface area contributed by atoms with E-state index in [9.17, 15) is 0 Å². The van der Waals surface area contributed by atoms with E-state index in [1.807, 2.05) is 31.3 Å². The molecule has 0 spiro atoms. The summed E-state index contributed by atoms with van der Waals surface area (Å²) in [7, 11) is 2.03. The Morgan fingerprint density at radius 1 is 1.12 bits per heavy atom. The first-order valence-electron chi connectivity index (χ1n) is 8.69. The fraction of sp³-hybridized carbons (Fsp3) is 0.300. The molecule has 3 aromatic rings. The zero-order valence-electron chi connectivity index (χ0n) is 15.0. The Bertz CT molecular complexity index is 851. The van der Waals surface area contributed by atoms with Crippen molar-refractivity contribution in [3.05, 3.63) is 66.0 Å². The number of hydrogen-bond donors (Lipinski definition) is 2. The molecule has 0 saturated carbocycles. The van der Waals surface area contributed by atoms with Crippen LogP contribution < -0.4 is 10.6 Å². The average molecular weight is 335 g/mol. The molecule has 130 valence electrons. The first-order valence-corrected chi connectivity index (χ1v) is 8.69. The van der Waals surface area contributed by atoms with Crippen LogP contribution in [0.15, 0.2) is 59.6 Å². The van der Waals surface area contributed by atoms with E-state index in [0.29, 0.717) is 6.54 Å². The maximum Gasteiger partial charge on any atom is 0.192 e. The highest BCUT2D eigenvalue weighted by molar-refractivity contribution is 5.80. The first-order chi connectivity index (χ1) is 12.2. The van der Waals surface area contributed by atoms with Crippen molar-refractivity contribution in [2.75, 3.05) is 6.54 Å². The van der Waals surface area contributed by atoms with E-state index in [-0.39, 0.29) is 6.04 Å². The molecule has 1 atom stereocenters. The second kappa shape index (κ2) is 7.83. The molecule has 0 fully saturated rings. The van der Waals surface area contributed by atoms with Gasteiger partial charge in [0.2, 0.25) is 0 Å². The molecule has 0 bridgehead atoms. The van der Waals surface area contributed by atoms with E-state index in [1.165, 1.54) is 5.56 Å². The van der Waals surface area contributed by atoms with Crippen LogP contribution in [0, 0.1) is 0 Å². The molecule has 1 heterocycles. The van der Waals surface area contributed by atoms with Crippen molar-refractivity contribution in [1.82, 2.24) is 20.2 Å². The van der Waals surface area contributed by atoms with Crippen molar-refractivity contribution >= 4 is 17.0 Å². The van der Waals surface area contributed by atoms with E-state index in [4.69, 9.17) is 4.99 Å². The van der Waals surface area contributed by atoms with Crippen molar-refractivity contribution in [3.8, 4) is 0 Å². The lowest BCUT2D eigenvalue weighted by Gasteiger charge is -2.18. The number of para-hydroxylation sites is 2. The maximum atomic E-state index is 4.72. The predicted octanol–water partition coefficient (Wildman–Crippen LogP) is 3.39. The third-order valence-corrected chi connectivity index (χ3v) is 4.26. The molecule has 0 aliphatic carbocycles. The molecular formula is C20H25N5. The van der Waals surface area contributed by atoms with Gasteiger partial charge in [0.25, 0.3) is 0 Å². The second-order valence-electron chi connectivity index (χ2n) is 6.05. The largest absolute Gasteiger partial charge is 0.357 e. The standard InChI is InChI=1S/C20H25N5/c1-4-21-20(23-15(2)16-10-6-5-7-11-16)22-14-19-24-17-12-8-9-13-18(17)25(19)3/h5-13,15H,4,14H2,1-3H3,(H2,21,22,23). The molecule has 5 heteroatoms. The van der Waals surface area contributed by atoms with Gasteiger partial charge in [-0.15, -0.1) is 0 Å². The lowest BCUT2D eigenvalue weighted by atomic mass is 10.1. The summed E-state index contributed by atoms with van der Waals surface area (Å²) in [5, 5.41) is 6.77. The smallest absolute Gasteiger partial charge is 0.192 e. The van der Waals surface area contributed by atoms with E-state index in [2.05, 4.69) is 64.4 Å². The van der Waals surface area contributed by atoms with Crippen molar-refractivity contribution < 1.29 is 0 Å². The lowest BCUT2D eigenvalue weighted by Crippen LogP contribution is -2.38. The normalized spacial score (nSPS) is 13.0. The highest BCUT2D eigenvalue weighted by Gasteiger charge is 2.09. The molecular weight excluding hydrogens is 310 g/mol. The van der Waals surface area contributed by atoms with Gasteiger partial charge < -0.3 is 15.2 Å². The Balaban J connectivity index is 1.76. The highest BCUT2D eigenvalue weighted by Crippen LogP contribution is 2.15. The summed E-state index contributed by atoms with van der Waals surface area (Å²) >= 11 is 0. The maximum absolute atomic E-state index is 4.72. The molecule has 0 saturated heterocycles. The number of benzene rings is 2. The second-order valence-corrected chi connectivity index (χ2v) is 6.05. The third-order valence-electron chi connectivity index (χ3n) is 4.26. The number of nitrogens with zero attached hydrogens (tertiary/aromatic N) is 3. The van der Waals surface area contributed by atoms with Gasteiger partial charge in [-0.3, -0.25) is 0 Å². The Morgan fingerprint density at radius 2 is 1.84 bits per heavy atom. The number of aromatic nitrogens is 2. The molecule has 0 aliphatic rings. The summed E-state index contributed by atoms with van der Waals surface area (Å²) in [6, 6.07) is 18.7. The molecule has 25 heavy (non-hydrogen) atoms. The summed E-state index contributed by atoms with van der Waals surface area (Å²) in [4.78, 5) is 9.40. The number of hydrogen-bond acceptors (Lipinski definition) is 2. The molecule has 0 aliphatic heterocycles. The first kappa shape index (κ1) is 17.0. The molecule has 1 aromatic heterocycles. The SMILES string of the molecule is CCNC(=NCc1nc2ccccc2n1C)NC(C)c1ccccc1. The highest BCUT2D eigenvalue weighted by atomic mass is 15.2. The predicted molar refractivity (Wildman–Crippen MR) is 104 cm³/mol. The fourth-order valence-electron chi connectivity index (χ4n) is 2.84. The summed E-state index contributed by atoms with van der Waals surface area (Å²) in [5.74, 6) is 1.75. The van der Waals surface area contributed by atoms with Crippen molar-refractivity contribution in [3.63, 3.8) is 0 Å². The zero-order valence-corrected chi connectivity index (χ0v) is 15.0. The number of aliphatic imine (C=N–C) groups is 1. The summed E-state index contributed by atoms with van der Waals surface area (Å²) in [6.07, 6.45) is 0. The zero-order chi connectivity index (χ0) is 17.6. The Kier molecular flexibility index (Phi) is 5.33. The van der Waals surface area contributed by atoms with E-state index in [1.54, 1.807) is 0 Å². The number of nitrogens with one attached hydrogen (secondary N) is 2. The van der Waals surface area contributed by atoms with Crippen molar-refractivity contribution in [1.29, 1.82) is 0 Å². The Morgan fingerprint density at radius 3 is 2.56 bits per heavy atom. The molecule has 0 radical (unpaired) electrons. The van der Waals surface area contributed by atoms with Gasteiger partial charge in [0.1, 0.15) is 12.4 Å². The van der Waals surface area contributed by atoms with Crippen LogP contribution >= 0.6 is 0 Å². The van der Waals surface area contributed by atoms with Crippen molar-refractivity contribution in [2.45, 2.75) is 26.4 Å². The minimum atomic E-state index is 0.180. The van der Waals surface area contributed by atoms with Crippen LogP contribution in [0.2, 0.25) is 0 Å². The van der Waals surface area contributed by atoms with Crippen LogP contribution in [0.3, 0.4) is 0 Å². The monoisotopic (exact) mass is 335 g/mol. The van der Waals surface area contributed by atoms with E-state index < -0.39 is 0 Å². The molecule has 0 amide bonds. The molecule has 5 nitrogen and oxygen atoms in total. The van der Waals surface area contributed by atoms with Gasteiger partial charge >= 0.3 is 0 Å². The Labute approximate surface area is 148 Å². The minimum absolute atomic E-state index is 0.180. The van der Waals surface area contributed by atoms with Crippen LogP contribution in [0.4, 0.5) is 0 Å². The number of imidazole rings is 1. The van der Waals surface area contributed by atoms with Crippen LogP contribution in [0.25, 0.3) is 11.0 Å². The van der Waals surface area contributed by atoms with Gasteiger partial charge in [0.15, 0.2) is 5.96 Å². The minimum Gasteiger partial charge on any atom is -0.357 e. The number of guanidine groups is 1. The van der Waals surface area contributed by atoms with Crippen LogP contribution in [-0.2, 0) is 13.6 Å². The number of fused-ring (bicyclic) bond motifs is 1. The Hall–Kier alpha value is -2.82. The van der Waals surface area contributed by atoms with Gasteiger partial charge in [0, 0.05) is 13.6 Å². The molecule has 2 aromatic carbocycles. The summed E-state index contributed by atoms with van der Waals surface area (Å²) in [6.45, 7) is 5.55. The van der Waals surface area contributed by atoms with Gasteiger partial charge in [-0.2, -0.15) is 0 Å². The van der Waals surface area contributed by atoms with E-state index in [0.717, 1.165) is 29.4 Å². The molecule has 1 unspecified atom stereocenters. The van der Waals surface area contributed by atoms with Crippen LogP contribution in [-0.4, -0.2) is 22.1 Å². The third kappa shape index (κ3) is 3.99. The van der Waals surface area contributed by atoms with Crippen molar-refractivity contribution in [2.24, 2.45) is 12.0 Å². The topological polar surface area (TPSA) is 54.2 Å². The molecule has 3 rings (SSSR count). The van der Waals surface area contributed by atoms with Gasteiger partial charge in [0.05, 0.1) is 17.1 Å². The average Bonchev–Trinajstić information content (AvgIpc) is 2.97. The molecule has 2 N–H and O–H groups in total. The van der Waals surface area contributed by atoms with Gasteiger partial charge in [-0.05, 0) is 31.5 Å². The lowest BCUT2D eigenvalue weighted by molar-refractivity contribution is 0.682. The van der Waals surface area contributed by atoms with E-state index >= 15 is 0 Å². The number of aryl methyl sites for hydroxylation is 1. The fourth-order valence-corrected chi connectivity index (χ4v) is 2.84. The summed E-state index contributed by atoms with van der Waals surface area (Å²) in [5.41, 5.74) is 3.37. The van der Waals surface area contributed by atoms with Crippen LogP contribution in [0.5, 0.6) is 0 Å². The van der Waals surface area contributed by atoms with Gasteiger partial charge in [-0.1, -0.05) is 42.5 Å².